The molecule has 142 valence electrons. The van der Waals surface area contributed by atoms with Crippen LogP contribution in [0.25, 0.3) is 0 Å². The summed E-state index contributed by atoms with van der Waals surface area (Å²) >= 11 is 0. The molecular weight excluding hydrogens is 342 g/mol. The zero-order valence-corrected chi connectivity index (χ0v) is 16.2. The number of Topliss-reactive ketones (excluding diaryl/α,β-unsaturated/α-hetero) is 1. The number of hydrogen-bond donors (Lipinski definition) is 1. The van der Waals surface area contributed by atoms with Gasteiger partial charge in [-0.25, -0.2) is 4.79 Å². The molecule has 1 N–H and O–H groups in total. The average Bonchev–Trinajstić information content (AvgIpc) is 2.64. The molecule has 0 bridgehead atoms. The molecule has 2 aromatic rings. The molecule has 0 fully saturated rings. The minimum Gasteiger partial charge on any atom is -0.454 e. The molecule has 5 nitrogen and oxygen atoms in total. The van der Waals surface area contributed by atoms with Crippen LogP contribution in [0.4, 0.5) is 0 Å². The van der Waals surface area contributed by atoms with Crippen molar-refractivity contribution in [2.24, 2.45) is 0 Å². The summed E-state index contributed by atoms with van der Waals surface area (Å²) in [5.74, 6) is -0.917. The molecule has 0 aliphatic heterocycles. The number of rotatable bonds is 6. The van der Waals surface area contributed by atoms with E-state index in [0.717, 1.165) is 11.1 Å². The molecule has 0 radical (unpaired) electrons. The fourth-order valence-electron chi connectivity index (χ4n) is 2.44. The molecule has 0 saturated heterocycles. The highest BCUT2D eigenvalue weighted by Crippen LogP contribution is 2.22. The fraction of sp³-hybridized carbons (Fsp3) is 0.318. The Morgan fingerprint density at radius 3 is 1.96 bits per heavy atom. The van der Waals surface area contributed by atoms with Gasteiger partial charge < -0.3 is 10.1 Å². The Labute approximate surface area is 159 Å². The first-order valence-corrected chi connectivity index (χ1v) is 8.81. The minimum absolute atomic E-state index is 0.0140. The maximum atomic E-state index is 12.2. The lowest BCUT2D eigenvalue weighted by atomic mass is 9.86. The fourth-order valence-corrected chi connectivity index (χ4v) is 2.44. The summed E-state index contributed by atoms with van der Waals surface area (Å²) < 4.78 is 5.12. The summed E-state index contributed by atoms with van der Waals surface area (Å²) in [4.78, 5) is 35.2. The van der Waals surface area contributed by atoms with Gasteiger partial charge in [-0.2, -0.15) is 0 Å². The van der Waals surface area contributed by atoms with E-state index in [0.29, 0.717) is 17.7 Å². The first-order valence-electron chi connectivity index (χ1n) is 8.81. The van der Waals surface area contributed by atoms with Gasteiger partial charge in [0.2, 0.25) is 5.91 Å². The highest BCUT2D eigenvalue weighted by atomic mass is 16.5. The van der Waals surface area contributed by atoms with Gasteiger partial charge in [-0.1, -0.05) is 57.2 Å². The molecule has 5 heteroatoms. The second-order valence-corrected chi connectivity index (χ2v) is 7.43. The van der Waals surface area contributed by atoms with Crippen molar-refractivity contribution in [3.8, 4) is 0 Å². The number of hydrogen-bond acceptors (Lipinski definition) is 4. The first kappa shape index (κ1) is 20.4. The Balaban J connectivity index is 1.91. The van der Waals surface area contributed by atoms with E-state index in [9.17, 15) is 14.4 Å². The van der Waals surface area contributed by atoms with E-state index < -0.39 is 5.97 Å². The van der Waals surface area contributed by atoms with Crippen molar-refractivity contribution in [3.63, 3.8) is 0 Å². The van der Waals surface area contributed by atoms with E-state index in [1.165, 1.54) is 6.92 Å². The van der Waals surface area contributed by atoms with Crippen molar-refractivity contribution in [1.29, 1.82) is 0 Å². The molecule has 27 heavy (non-hydrogen) atoms. The number of ether oxygens (including phenoxy) is 1. The van der Waals surface area contributed by atoms with Crippen molar-refractivity contribution in [3.05, 3.63) is 70.8 Å². The Bertz CT molecular complexity index is 815. The van der Waals surface area contributed by atoms with Crippen molar-refractivity contribution < 1.29 is 19.1 Å². The van der Waals surface area contributed by atoms with Crippen LogP contribution in [-0.4, -0.2) is 24.3 Å². The van der Waals surface area contributed by atoms with Crippen LogP contribution >= 0.6 is 0 Å². The number of esters is 1. The number of nitrogens with one attached hydrogen (secondary N) is 1. The number of carbonyl (C=O) groups excluding carboxylic acids is 3. The highest BCUT2D eigenvalue weighted by Gasteiger charge is 2.15. The molecule has 0 saturated carbocycles. The Hall–Kier alpha value is -2.95. The highest BCUT2D eigenvalue weighted by molar-refractivity contribution is 5.99. The molecule has 1 amide bonds. The van der Waals surface area contributed by atoms with E-state index in [2.05, 4.69) is 26.1 Å². The van der Waals surface area contributed by atoms with E-state index >= 15 is 0 Å². The van der Waals surface area contributed by atoms with Crippen molar-refractivity contribution in [2.45, 2.75) is 39.7 Å². The van der Waals surface area contributed by atoms with E-state index in [-0.39, 0.29) is 23.7 Å². The Morgan fingerprint density at radius 1 is 0.889 bits per heavy atom. The van der Waals surface area contributed by atoms with E-state index in [1.807, 2.05) is 12.1 Å². The number of benzene rings is 2. The molecule has 0 aliphatic carbocycles. The predicted molar refractivity (Wildman–Crippen MR) is 104 cm³/mol. The average molecular weight is 367 g/mol. The van der Waals surface area contributed by atoms with Gasteiger partial charge in [-0.3, -0.25) is 9.59 Å². The van der Waals surface area contributed by atoms with E-state index in [1.54, 1.807) is 36.4 Å². The Morgan fingerprint density at radius 2 is 1.44 bits per heavy atom. The predicted octanol–water partition coefficient (Wildman–Crippen LogP) is 3.66. The normalized spacial score (nSPS) is 11.0. The SMILES string of the molecule is CC(=O)NCc1ccc(C(=O)OCC(=O)c2ccc(C(C)(C)C)cc2)cc1. The van der Waals surface area contributed by atoms with Crippen LogP contribution in [0.15, 0.2) is 48.5 Å². The van der Waals surface area contributed by atoms with Gasteiger partial charge >= 0.3 is 5.97 Å². The molecule has 0 atom stereocenters. The molecule has 0 heterocycles. The lowest BCUT2D eigenvalue weighted by Crippen LogP contribution is -2.19. The van der Waals surface area contributed by atoms with Crippen LogP contribution in [0.5, 0.6) is 0 Å². The number of carbonyl (C=O) groups is 3. The van der Waals surface area contributed by atoms with Gasteiger partial charge in [0.25, 0.3) is 0 Å². The zero-order valence-electron chi connectivity index (χ0n) is 16.2. The third kappa shape index (κ3) is 6.06. The quantitative estimate of drug-likeness (QED) is 0.625. The lowest BCUT2D eigenvalue weighted by Gasteiger charge is -2.18. The topological polar surface area (TPSA) is 72.5 Å². The minimum atomic E-state index is -0.555. The van der Waals surface area contributed by atoms with Gasteiger partial charge in [0.15, 0.2) is 12.4 Å². The molecule has 2 aromatic carbocycles. The van der Waals surface area contributed by atoms with Gasteiger partial charge in [0.05, 0.1) is 5.56 Å². The lowest BCUT2D eigenvalue weighted by molar-refractivity contribution is -0.119. The van der Waals surface area contributed by atoms with Crippen LogP contribution in [0.3, 0.4) is 0 Å². The van der Waals surface area contributed by atoms with Crippen LogP contribution in [-0.2, 0) is 21.5 Å². The summed E-state index contributed by atoms with van der Waals surface area (Å²) in [6.45, 7) is 7.85. The molecule has 0 aromatic heterocycles. The van der Waals surface area contributed by atoms with Gasteiger partial charge in [-0.05, 0) is 28.7 Å². The first-order chi connectivity index (χ1) is 12.7. The molecule has 0 aliphatic rings. The molecule has 0 spiro atoms. The molecule has 2 rings (SSSR count). The van der Waals surface area contributed by atoms with Crippen molar-refractivity contribution in [2.75, 3.05) is 6.61 Å². The third-order valence-corrected chi connectivity index (χ3v) is 4.14. The summed E-state index contributed by atoms with van der Waals surface area (Å²) in [7, 11) is 0. The van der Waals surface area contributed by atoms with E-state index in [4.69, 9.17) is 4.74 Å². The summed E-state index contributed by atoms with van der Waals surface area (Å²) in [5.41, 5.74) is 2.89. The van der Waals surface area contributed by atoms with Gasteiger partial charge in [0, 0.05) is 19.0 Å². The second-order valence-electron chi connectivity index (χ2n) is 7.43. The summed E-state index contributed by atoms with van der Waals surface area (Å²) in [6.07, 6.45) is 0. The summed E-state index contributed by atoms with van der Waals surface area (Å²) in [6, 6.07) is 14.1. The second kappa shape index (κ2) is 8.62. The maximum Gasteiger partial charge on any atom is 0.338 e. The van der Waals surface area contributed by atoms with Crippen molar-refractivity contribution in [1.82, 2.24) is 5.32 Å². The largest absolute Gasteiger partial charge is 0.454 e. The standard InChI is InChI=1S/C22H25NO4/c1-15(24)23-13-16-5-7-18(8-6-16)21(26)27-14-20(25)17-9-11-19(12-10-17)22(2,3)4/h5-12H,13-14H2,1-4H3,(H,23,24). The maximum absolute atomic E-state index is 12.2. The van der Waals surface area contributed by atoms with Gasteiger partial charge in [0.1, 0.15) is 0 Å². The van der Waals surface area contributed by atoms with Crippen molar-refractivity contribution >= 4 is 17.7 Å². The Kier molecular flexibility index (Phi) is 6.50. The zero-order chi connectivity index (χ0) is 20.0. The van der Waals surface area contributed by atoms with Crippen LogP contribution < -0.4 is 5.32 Å². The number of ketones is 1. The summed E-state index contributed by atoms with van der Waals surface area (Å²) in [5, 5.41) is 2.68. The van der Waals surface area contributed by atoms with Crippen LogP contribution in [0, 0.1) is 0 Å². The number of amides is 1. The monoisotopic (exact) mass is 367 g/mol. The van der Waals surface area contributed by atoms with Crippen LogP contribution in [0.2, 0.25) is 0 Å². The smallest absolute Gasteiger partial charge is 0.338 e. The van der Waals surface area contributed by atoms with Gasteiger partial charge in [-0.15, -0.1) is 0 Å². The van der Waals surface area contributed by atoms with Crippen LogP contribution in [0.1, 0.15) is 59.5 Å². The third-order valence-electron chi connectivity index (χ3n) is 4.14. The molecule has 0 unspecified atom stereocenters. The molecular formula is C22H25NO4.